The molecule has 1 aliphatic heterocycles. The lowest BCUT2D eigenvalue weighted by molar-refractivity contribution is -0.129. The lowest BCUT2D eigenvalue weighted by atomic mass is 9.90. The average Bonchev–Trinajstić information content (AvgIpc) is 3.71. The van der Waals surface area contributed by atoms with Crippen LogP contribution in [0.3, 0.4) is 0 Å². The molecule has 11 heteroatoms. The fourth-order valence-corrected chi connectivity index (χ4v) is 5.00. The maximum atomic E-state index is 14.3. The molecule has 3 aromatic carbocycles. The zero-order valence-electron chi connectivity index (χ0n) is 22.4. The van der Waals surface area contributed by atoms with Crippen LogP contribution in [0.1, 0.15) is 59.7 Å². The minimum Gasteiger partial charge on any atom is -0.493 e. The van der Waals surface area contributed by atoms with Crippen molar-refractivity contribution in [3.05, 3.63) is 101 Å². The molecule has 6 nitrogen and oxygen atoms in total. The van der Waals surface area contributed by atoms with E-state index < -0.39 is 24.3 Å². The van der Waals surface area contributed by atoms with Gasteiger partial charge < -0.3 is 21.4 Å². The summed E-state index contributed by atoms with van der Waals surface area (Å²) in [6.45, 7) is 2.35. The molecular formula is C30H38F4N2O4S. The van der Waals surface area contributed by atoms with Gasteiger partial charge in [0.05, 0.1) is 24.6 Å². The fourth-order valence-electron chi connectivity index (χ4n) is 4.74. The standard InChI is InChI=1S/C27H27FN2O2.C3H5F3S.2H2O.H2/c28-24-14-25(22(19-11-12-19)13-23(24)27(29)31)32-17-18-15-30(16-18)26(20-7-3-1-4-8-20)21-9-5-2-6-10-21;4-3(5,6)1-2-7;;;/h1-10,13-14,18-19,26H,11-12,15-17H2,(H2,29,31);7H,1-2H2;2*1H2;1H. The third-order valence-electron chi connectivity index (χ3n) is 6.83. The summed E-state index contributed by atoms with van der Waals surface area (Å²) in [4.78, 5) is 14.0. The van der Waals surface area contributed by atoms with Crippen LogP contribution < -0.4 is 10.5 Å². The van der Waals surface area contributed by atoms with E-state index in [4.69, 9.17) is 10.5 Å². The van der Waals surface area contributed by atoms with Gasteiger partial charge in [0, 0.05) is 26.5 Å². The van der Waals surface area contributed by atoms with Gasteiger partial charge in [0.1, 0.15) is 11.6 Å². The van der Waals surface area contributed by atoms with Crippen LogP contribution in [0, 0.1) is 11.7 Å². The molecular weight excluding hydrogens is 560 g/mol. The number of hydrogen-bond donors (Lipinski definition) is 2. The van der Waals surface area contributed by atoms with Gasteiger partial charge in [-0.05, 0) is 47.3 Å². The smallest absolute Gasteiger partial charge is 0.389 e. The van der Waals surface area contributed by atoms with Crippen molar-refractivity contribution in [1.29, 1.82) is 0 Å². The van der Waals surface area contributed by atoms with Crippen LogP contribution >= 0.6 is 12.6 Å². The first-order valence-electron chi connectivity index (χ1n) is 12.9. The second-order valence-corrected chi connectivity index (χ2v) is 10.4. The monoisotopic (exact) mass is 598 g/mol. The molecule has 0 bridgehead atoms. The Hall–Kier alpha value is -3.12. The van der Waals surface area contributed by atoms with E-state index in [-0.39, 0.29) is 29.7 Å². The van der Waals surface area contributed by atoms with Gasteiger partial charge in [-0.25, -0.2) is 4.39 Å². The Morgan fingerprint density at radius 3 is 1.95 bits per heavy atom. The number of carbonyl (C=O) groups excluding carboxylic acids is 1. The molecule has 0 aromatic heterocycles. The third kappa shape index (κ3) is 9.46. The van der Waals surface area contributed by atoms with Crippen molar-refractivity contribution in [1.82, 2.24) is 4.90 Å². The quantitative estimate of drug-likeness (QED) is 0.255. The summed E-state index contributed by atoms with van der Waals surface area (Å²) in [5.41, 5.74) is 8.73. The first kappa shape index (κ1) is 34.1. The van der Waals surface area contributed by atoms with Gasteiger partial charge in [0.15, 0.2) is 0 Å². The number of likely N-dealkylation sites (tertiary alicyclic amines) is 1. The Bertz CT molecular complexity index is 1210. The van der Waals surface area contributed by atoms with Crippen molar-refractivity contribution in [2.75, 3.05) is 25.4 Å². The Morgan fingerprint density at radius 1 is 1.00 bits per heavy atom. The third-order valence-corrected chi connectivity index (χ3v) is 7.06. The minimum absolute atomic E-state index is 0. The summed E-state index contributed by atoms with van der Waals surface area (Å²) < 4.78 is 53.4. The van der Waals surface area contributed by atoms with Crippen LogP contribution in [0.15, 0.2) is 72.8 Å². The highest BCUT2D eigenvalue weighted by Gasteiger charge is 2.35. The normalized spacial score (nSPS) is 15.1. The Kier molecular flexibility index (Phi) is 12.6. The van der Waals surface area contributed by atoms with Gasteiger partial charge in [-0.15, -0.1) is 0 Å². The molecule has 0 atom stereocenters. The maximum Gasteiger partial charge on any atom is 0.389 e. The molecule has 0 radical (unpaired) electrons. The summed E-state index contributed by atoms with van der Waals surface area (Å²) in [5, 5.41) is 0. The van der Waals surface area contributed by atoms with Crippen LogP contribution in [0.5, 0.6) is 5.75 Å². The van der Waals surface area contributed by atoms with Crippen molar-refractivity contribution in [2.24, 2.45) is 11.7 Å². The Morgan fingerprint density at radius 2 is 1.54 bits per heavy atom. The number of rotatable bonds is 9. The van der Waals surface area contributed by atoms with Crippen LogP contribution in [0.25, 0.3) is 0 Å². The second kappa shape index (κ2) is 15.2. The zero-order chi connectivity index (χ0) is 28.0. The number of hydrogen-bond acceptors (Lipinski definition) is 4. The van der Waals surface area contributed by atoms with Gasteiger partial charge in [0.2, 0.25) is 0 Å². The molecule has 1 saturated heterocycles. The lowest BCUT2D eigenvalue weighted by Crippen LogP contribution is -2.51. The van der Waals surface area contributed by atoms with Crippen molar-refractivity contribution < 1.29 is 39.5 Å². The summed E-state index contributed by atoms with van der Waals surface area (Å²) >= 11 is 3.39. The summed E-state index contributed by atoms with van der Waals surface area (Å²) in [7, 11) is 0. The number of alkyl halides is 3. The molecule has 6 N–H and O–H groups in total. The van der Waals surface area contributed by atoms with E-state index in [1.807, 2.05) is 12.1 Å². The van der Waals surface area contributed by atoms with Crippen molar-refractivity contribution in [3.63, 3.8) is 0 Å². The Balaban J connectivity index is 0.000000792. The minimum atomic E-state index is -4.03. The SMILES string of the molecule is FC(F)(F)CCS.NC(=O)c1cc(C2CC2)c(OCC2CN(C(c3ccccc3)c3ccccc3)C2)cc1F.O.O.[HH]. The number of halogens is 4. The number of ether oxygens (including phenoxy) is 1. The first-order valence-corrected chi connectivity index (χ1v) is 13.6. The molecule has 5 rings (SSSR count). The molecule has 3 aromatic rings. The molecule has 1 saturated carbocycles. The lowest BCUT2D eigenvalue weighted by Gasteiger charge is -2.44. The molecule has 0 unspecified atom stereocenters. The van der Waals surface area contributed by atoms with E-state index in [0.717, 1.165) is 31.5 Å². The number of amides is 1. The van der Waals surface area contributed by atoms with E-state index in [2.05, 4.69) is 66.1 Å². The van der Waals surface area contributed by atoms with E-state index in [0.29, 0.717) is 24.2 Å². The van der Waals surface area contributed by atoms with Gasteiger partial charge in [-0.2, -0.15) is 25.8 Å². The number of carbonyl (C=O) groups is 1. The van der Waals surface area contributed by atoms with E-state index in [9.17, 15) is 22.4 Å². The average molecular weight is 599 g/mol. The van der Waals surface area contributed by atoms with Gasteiger partial charge >= 0.3 is 6.18 Å². The molecule has 2 fully saturated rings. The molecule has 1 aliphatic carbocycles. The van der Waals surface area contributed by atoms with E-state index >= 15 is 0 Å². The predicted molar refractivity (Wildman–Crippen MR) is 156 cm³/mol. The summed E-state index contributed by atoms with van der Waals surface area (Å²) in [5.74, 6) is -0.211. The van der Waals surface area contributed by atoms with Crippen LogP contribution in [0.4, 0.5) is 17.6 Å². The number of nitrogens with two attached hydrogens (primary N) is 1. The van der Waals surface area contributed by atoms with Gasteiger partial charge in [-0.1, -0.05) is 60.7 Å². The first-order chi connectivity index (χ1) is 18.7. The van der Waals surface area contributed by atoms with E-state index in [1.165, 1.54) is 17.2 Å². The summed E-state index contributed by atoms with van der Waals surface area (Å²) in [6, 6.07) is 24.2. The van der Waals surface area contributed by atoms with Gasteiger partial charge in [0.25, 0.3) is 5.91 Å². The molecule has 226 valence electrons. The van der Waals surface area contributed by atoms with Gasteiger partial charge in [-0.3, -0.25) is 9.69 Å². The number of benzene rings is 3. The van der Waals surface area contributed by atoms with Crippen molar-refractivity contribution in [3.8, 4) is 5.75 Å². The van der Waals surface area contributed by atoms with E-state index in [1.54, 1.807) is 6.07 Å². The van der Waals surface area contributed by atoms with Crippen molar-refractivity contribution in [2.45, 2.75) is 37.4 Å². The largest absolute Gasteiger partial charge is 0.493 e. The highest BCUT2D eigenvalue weighted by Crippen LogP contribution is 2.45. The van der Waals surface area contributed by atoms with Crippen LogP contribution in [0.2, 0.25) is 0 Å². The number of nitrogens with zero attached hydrogens (tertiary/aromatic N) is 1. The second-order valence-electron chi connectivity index (χ2n) is 9.95. The van der Waals surface area contributed by atoms with Crippen LogP contribution in [-0.4, -0.2) is 53.4 Å². The van der Waals surface area contributed by atoms with Crippen LogP contribution in [-0.2, 0) is 0 Å². The highest BCUT2D eigenvalue weighted by atomic mass is 32.1. The summed E-state index contributed by atoms with van der Waals surface area (Å²) in [6.07, 6.45) is -2.75. The highest BCUT2D eigenvalue weighted by molar-refractivity contribution is 7.80. The molecule has 1 heterocycles. The molecule has 2 aliphatic rings. The Labute approximate surface area is 244 Å². The fraction of sp³-hybridized carbons (Fsp3) is 0.367. The molecule has 0 spiro atoms. The zero-order valence-corrected chi connectivity index (χ0v) is 23.3. The maximum absolute atomic E-state index is 14.3. The molecule has 41 heavy (non-hydrogen) atoms. The topological polar surface area (TPSA) is 119 Å². The number of thiol groups is 1. The van der Waals surface area contributed by atoms with Crippen molar-refractivity contribution >= 4 is 18.5 Å². The molecule has 1 amide bonds. The number of primary amides is 1. The predicted octanol–water partition coefficient (Wildman–Crippen LogP) is 5.37.